The van der Waals surface area contributed by atoms with Crippen LogP contribution in [-0.4, -0.2) is 9.91 Å². The Morgan fingerprint density at radius 3 is 2.90 bits per heavy atom. The van der Waals surface area contributed by atoms with Crippen molar-refractivity contribution >= 4 is 33.6 Å². The Labute approximate surface area is 125 Å². The number of benzene rings is 1. The van der Waals surface area contributed by atoms with Crippen LogP contribution in [0.5, 0.6) is 0 Å². The lowest BCUT2D eigenvalue weighted by atomic mass is 10.1. The van der Waals surface area contributed by atoms with Gasteiger partial charge in [0.1, 0.15) is 5.52 Å². The van der Waals surface area contributed by atoms with E-state index in [1.165, 1.54) is 17.2 Å². The molecule has 0 unspecified atom stereocenters. The minimum Gasteiger partial charge on any atom is -0.380 e. The van der Waals surface area contributed by atoms with E-state index >= 15 is 0 Å². The summed E-state index contributed by atoms with van der Waals surface area (Å²) in [5.74, 6) is 0. The Morgan fingerprint density at radius 1 is 1.33 bits per heavy atom. The molecule has 1 N–H and O–H groups in total. The Morgan fingerprint density at radius 2 is 2.19 bits per heavy atom. The number of hydrogen-bond acceptors (Lipinski definition) is 5. The van der Waals surface area contributed by atoms with Gasteiger partial charge in [0.25, 0.3) is 5.69 Å². The topological polar surface area (TPSA) is 68.1 Å². The van der Waals surface area contributed by atoms with E-state index in [1.807, 2.05) is 6.07 Å². The van der Waals surface area contributed by atoms with Gasteiger partial charge in [-0.2, -0.15) is 11.3 Å². The number of fused-ring (bicyclic) bond motifs is 1. The number of aromatic nitrogens is 1. The lowest BCUT2D eigenvalue weighted by molar-refractivity contribution is -0.383. The van der Waals surface area contributed by atoms with E-state index < -0.39 is 4.92 Å². The molecule has 1 aromatic carbocycles. The van der Waals surface area contributed by atoms with Crippen LogP contribution < -0.4 is 5.32 Å². The number of nitro benzene ring substituents is 1. The van der Waals surface area contributed by atoms with Gasteiger partial charge in [0.2, 0.25) is 0 Å². The number of pyridine rings is 1. The molecular weight excluding hydrogens is 286 g/mol. The van der Waals surface area contributed by atoms with Crippen LogP contribution in [0.25, 0.3) is 10.9 Å². The van der Waals surface area contributed by atoms with E-state index in [9.17, 15) is 10.1 Å². The molecule has 0 amide bonds. The first-order valence-corrected chi connectivity index (χ1v) is 7.39. The number of thiophene rings is 1. The van der Waals surface area contributed by atoms with Crippen molar-refractivity contribution < 1.29 is 4.92 Å². The van der Waals surface area contributed by atoms with Gasteiger partial charge in [-0.1, -0.05) is 0 Å². The van der Waals surface area contributed by atoms with Gasteiger partial charge in [0.05, 0.1) is 4.92 Å². The minimum absolute atomic E-state index is 0.0304. The van der Waals surface area contributed by atoms with Gasteiger partial charge < -0.3 is 5.32 Å². The molecule has 0 radical (unpaired) electrons. The van der Waals surface area contributed by atoms with Crippen molar-refractivity contribution in [3.8, 4) is 0 Å². The molecule has 3 rings (SSSR count). The number of nitrogens with one attached hydrogen (secondary N) is 1. The summed E-state index contributed by atoms with van der Waals surface area (Å²) in [5.41, 5.74) is 3.78. The smallest absolute Gasteiger partial charge is 0.295 e. The van der Waals surface area contributed by atoms with Gasteiger partial charge in [-0.3, -0.25) is 10.1 Å². The number of non-ortho nitro benzene ring substituents is 1. The summed E-state index contributed by atoms with van der Waals surface area (Å²) in [6, 6.07) is 6.87. The number of hydrogen-bond donors (Lipinski definition) is 1. The van der Waals surface area contributed by atoms with Crippen molar-refractivity contribution in [2.24, 2.45) is 0 Å². The molecule has 2 aromatic heterocycles. The van der Waals surface area contributed by atoms with E-state index in [4.69, 9.17) is 0 Å². The Kier molecular flexibility index (Phi) is 3.53. The molecule has 0 aliphatic carbocycles. The maximum absolute atomic E-state index is 11.1. The molecule has 5 nitrogen and oxygen atoms in total. The van der Waals surface area contributed by atoms with Crippen molar-refractivity contribution in [3.05, 3.63) is 62.5 Å². The molecule has 2 heterocycles. The lowest BCUT2D eigenvalue weighted by Crippen LogP contribution is -2.01. The molecule has 0 aliphatic heterocycles. The van der Waals surface area contributed by atoms with E-state index in [2.05, 4.69) is 28.0 Å². The molecule has 0 fully saturated rings. The van der Waals surface area contributed by atoms with Crippen molar-refractivity contribution in [1.29, 1.82) is 0 Å². The molecular formula is C15H13N3O2S. The molecule has 0 spiro atoms. The summed E-state index contributed by atoms with van der Waals surface area (Å²) in [6.07, 6.45) is 1.57. The highest BCUT2D eigenvalue weighted by molar-refractivity contribution is 7.08. The maximum atomic E-state index is 11.1. The van der Waals surface area contributed by atoms with E-state index in [-0.39, 0.29) is 5.69 Å². The van der Waals surface area contributed by atoms with E-state index in [1.54, 1.807) is 29.7 Å². The maximum Gasteiger partial charge on any atom is 0.295 e. The van der Waals surface area contributed by atoms with Gasteiger partial charge >= 0.3 is 0 Å². The van der Waals surface area contributed by atoms with Gasteiger partial charge in [-0.15, -0.1) is 0 Å². The van der Waals surface area contributed by atoms with E-state index in [0.717, 1.165) is 11.1 Å². The van der Waals surface area contributed by atoms with Crippen molar-refractivity contribution in [2.45, 2.75) is 13.5 Å². The summed E-state index contributed by atoms with van der Waals surface area (Å²) in [5, 5.41) is 19.4. The van der Waals surface area contributed by atoms with Crippen molar-refractivity contribution in [1.82, 2.24) is 4.98 Å². The van der Waals surface area contributed by atoms with Crippen LogP contribution in [0.4, 0.5) is 11.4 Å². The number of aryl methyl sites for hydroxylation is 1. The van der Waals surface area contributed by atoms with Crippen molar-refractivity contribution in [3.63, 3.8) is 0 Å². The molecule has 6 heteroatoms. The SMILES string of the molecule is Cc1cscc1CNc1ccc([N+](=O)[O-])c2ncccc12. The molecule has 0 aliphatic rings. The highest BCUT2D eigenvalue weighted by atomic mass is 32.1. The number of anilines is 1. The Bertz CT molecular complexity index is 814. The van der Waals surface area contributed by atoms with Crippen LogP contribution in [-0.2, 0) is 6.54 Å². The molecule has 21 heavy (non-hydrogen) atoms. The predicted molar refractivity (Wildman–Crippen MR) is 84.8 cm³/mol. The van der Waals surface area contributed by atoms with Crippen LogP contribution in [0, 0.1) is 17.0 Å². The first kappa shape index (κ1) is 13.5. The molecule has 0 saturated carbocycles. The third kappa shape index (κ3) is 2.57. The first-order valence-electron chi connectivity index (χ1n) is 6.44. The molecule has 0 atom stereocenters. The second kappa shape index (κ2) is 5.49. The lowest BCUT2D eigenvalue weighted by Gasteiger charge is -2.09. The van der Waals surface area contributed by atoms with E-state index in [0.29, 0.717) is 12.1 Å². The third-order valence-corrected chi connectivity index (χ3v) is 4.29. The normalized spacial score (nSPS) is 10.7. The fourth-order valence-corrected chi connectivity index (χ4v) is 3.07. The monoisotopic (exact) mass is 299 g/mol. The van der Waals surface area contributed by atoms with Crippen LogP contribution in [0.15, 0.2) is 41.2 Å². The van der Waals surface area contributed by atoms with Crippen molar-refractivity contribution in [2.75, 3.05) is 5.32 Å². The summed E-state index contributed by atoms with van der Waals surface area (Å²) in [4.78, 5) is 14.8. The quantitative estimate of drug-likeness (QED) is 0.581. The number of nitrogens with zero attached hydrogens (tertiary/aromatic N) is 2. The average molecular weight is 299 g/mol. The van der Waals surface area contributed by atoms with Gasteiger partial charge in [0, 0.05) is 29.9 Å². The first-order chi connectivity index (χ1) is 10.2. The van der Waals surface area contributed by atoms with Crippen LogP contribution in [0.3, 0.4) is 0 Å². The highest BCUT2D eigenvalue weighted by Gasteiger charge is 2.15. The number of nitro groups is 1. The standard InChI is InChI=1S/C15H13N3O2S/c1-10-8-21-9-11(10)7-17-13-4-5-14(18(19)20)15-12(13)3-2-6-16-15/h2-6,8-9,17H,7H2,1H3. The molecule has 0 bridgehead atoms. The van der Waals surface area contributed by atoms with Gasteiger partial charge in [-0.25, -0.2) is 4.98 Å². The van der Waals surface area contributed by atoms with Crippen LogP contribution in [0.1, 0.15) is 11.1 Å². The largest absolute Gasteiger partial charge is 0.380 e. The fraction of sp³-hybridized carbons (Fsp3) is 0.133. The summed E-state index contributed by atoms with van der Waals surface area (Å²) in [6.45, 7) is 2.76. The Hall–Kier alpha value is -2.47. The third-order valence-electron chi connectivity index (χ3n) is 3.38. The molecule has 0 saturated heterocycles. The minimum atomic E-state index is -0.401. The zero-order valence-electron chi connectivity index (χ0n) is 11.4. The Balaban J connectivity index is 1.98. The van der Waals surface area contributed by atoms with Gasteiger partial charge in [0.15, 0.2) is 0 Å². The van der Waals surface area contributed by atoms with Gasteiger partial charge in [-0.05, 0) is 47.0 Å². The summed E-state index contributed by atoms with van der Waals surface area (Å²) < 4.78 is 0. The zero-order chi connectivity index (χ0) is 14.8. The van der Waals surface area contributed by atoms with Crippen LogP contribution >= 0.6 is 11.3 Å². The average Bonchev–Trinajstić information content (AvgIpc) is 2.89. The number of rotatable bonds is 4. The zero-order valence-corrected chi connectivity index (χ0v) is 12.2. The highest BCUT2D eigenvalue weighted by Crippen LogP contribution is 2.30. The fourth-order valence-electron chi connectivity index (χ4n) is 2.22. The second-order valence-electron chi connectivity index (χ2n) is 4.72. The molecule has 106 valence electrons. The predicted octanol–water partition coefficient (Wildman–Crippen LogP) is 4.13. The second-order valence-corrected chi connectivity index (χ2v) is 5.47. The summed E-state index contributed by atoms with van der Waals surface area (Å²) in [7, 11) is 0. The molecule has 3 aromatic rings. The van der Waals surface area contributed by atoms with Crippen LogP contribution in [0.2, 0.25) is 0 Å². The summed E-state index contributed by atoms with van der Waals surface area (Å²) >= 11 is 1.67.